The Labute approximate surface area is 132 Å². The fourth-order valence-electron chi connectivity index (χ4n) is 2.19. The molecule has 0 aliphatic heterocycles. The molecule has 2 rings (SSSR count). The molecule has 0 saturated heterocycles. The Hall–Kier alpha value is -2.44. The first-order valence-corrected chi connectivity index (χ1v) is 7.09. The number of halogens is 3. The van der Waals surface area contributed by atoms with Gasteiger partial charge in [0.15, 0.2) is 23.4 Å². The minimum Gasteiger partial charge on any atom is -0.469 e. The van der Waals surface area contributed by atoms with Crippen molar-refractivity contribution in [3.63, 3.8) is 0 Å². The van der Waals surface area contributed by atoms with Crippen molar-refractivity contribution >= 4 is 5.96 Å². The molecule has 0 fully saturated rings. The lowest BCUT2D eigenvalue weighted by Gasteiger charge is -2.22. The second-order valence-electron chi connectivity index (χ2n) is 5.03. The minimum atomic E-state index is -1.46. The van der Waals surface area contributed by atoms with Crippen LogP contribution in [0.5, 0.6) is 0 Å². The van der Waals surface area contributed by atoms with Gasteiger partial charge in [0.2, 0.25) is 0 Å². The molecule has 0 spiro atoms. The molecule has 0 aliphatic rings. The Bertz CT molecular complexity index is 648. The van der Waals surface area contributed by atoms with Crippen molar-refractivity contribution in [1.82, 2.24) is 10.2 Å². The highest BCUT2D eigenvalue weighted by Crippen LogP contribution is 2.14. The van der Waals surface area contributed by atoms with Crippen molar-refractivity contribution in [2.24, 2.45) is 4.99 Å². The van der Waals surface area contributed by atoms with Crippen molar-refractivity contribution in [3.05, 3.63) is 59.3 Å². The number of furan rings is 1. The molecule has 4 nitrogen and oxygen atoms in total. The molecule has 0 atom stereocenters. The van der Waals surface area contributed by atoms with Crippen LogP contribution in [0.2, 0.25) is 0 Å². The summed E-state index contributed by atoms with van der Waals surface area (Å²) in [7, 11) is 3.33. The molecule has 0 aliphatic carbocycles. The topological polar surface area (TPSA) is 40.8 Å². The highest BCUT2D eigenvalue weighted by molar-refractivity contribution is 5.79. The van der Waals surface area contributed by atoms with Crippen molar-refractivity contribution in [2.45, 2.75) is 13.0 Å². The van der Waals surface area contributed by atoms with Gasteiger partial charge in [0.05, 0.1) is 6.26 Å². The molecule has 0 bridgehead atoms. The van der Waals surface area contributed by atoms with Crippen LogP contribution in [0.4, 0.5) is 13.2 Å². The summed E-state index contributed by atoms with van der Waals surface area (Å²) in [5, 5.41) is 3.12. The molecule has 1 aromatic heterocycles. The van der Waals surface area contributed by atoms with Crippen LogP contribution >= 0.6 is 0 Å². The molecule has 2 aromatic rings. The van der Waals surface area contributed by atoms with Gasteiger partial charge < -0.3 is 14.6 Å². The predicted molar refractivity (Wildman–Crippen MR) is 81.6 cm³/mol. The third-order valence-electron chi connectivity index (χ3n) is 3.27. The van der Waals surface area contributed by atoms with Crippen molar-refractivity contribution in [1.29, 1.82) is 0 Å². The van der Waals surface area contributed by atoms with E-state index < -0.39 is 17.5 Å². The van der Waals surface area contributed by atoms with E-state index in [9.17, 15) is 13.2 Å². The molecule has 23 heavy (non-hydrogen) atoms. The second-order valence-corrected chi connectivity index (χ2v) is 5.03. The van der Waals surface area contributed by atoms with Gasteiger partial charge in [0.25, 0.3) is 0 Å². The maximum absolute atomic E-state index is 13.2. The van der Waals surface area contributed by atoms with Crippen molar-refractivity contribution < 1.29 is 17.6 Å². The van der Waals surface area contributed by atoms with Crippen molar-refractivity contribution in [2.75, 3.05) is 20.6 Å². The van der Waals surface area contributed by atoms with Crippen LogP contribution in [0.25, 0.3) is 0 Å². The fourth-order valence-corrected chi connectivity index (χ4v) is 2.19. The van der Waals surface area contributed by atoms with Crippen LogP contribution in [-0.2, 0) is 13.0 Å². The lowest BCUT2D eigenvalue weighted by Crippen LogP contribution is -2.39. The summed E-state index contributed by atoms with van der Waals surface area (Å²) < 4.78 is 44.7. The quantitative estimate of drug-likeness (QED) is 0.522. The fraction of sp³-hybridized carbons (Fsp3) is 0.312. The van der Waals surface area contributed by atoms with Gasteiger partial charge in [-0.05, 0) is 29.8 Å². The minimum absolute atomic E-state index is 0.189. The molecule has 1 heterocycles. The second kappa shape index (κ2) is 7.71. The number of benzene rings is 1. The third-order valence-corrected chi connectivity index (χ3v) is 3.27. The smallest absolute Gasteiger partial charge is 0.194 e. The van der Waals surface area contributed by atoms with E-state index in [2.05, 4.69) is 10.3 Å². The zero-order valence-electron chi connectivity index (χ0n) is 12.9. The van der Waals surface area contributed by atoms with Gasteiger partial charge in [0.1, 0.15) is 5.76 Å². The zero-order chi connectivity index (χ0) is 16.8. The molecule has 0 unspecified atom stereocenters. The molecule has 0 radical (unpaired) electrons. The first-order chi connectivity index (χ1) is 11.0. The largest absolute Gasteiger partial charge is 0.469 e. The Balaban J connectivity index is 1.93. The monoisotopic (exact) mass is 325 g/mol. The lowest BCUT2D eigenvalue weighted by atomic mass is 10.2. The van der Waals surface area contributed by atoms with E-state index in [1.165, 1.54) is 0 Å². The van der Waals surface area contributed by atoms with Crippen LogP contribution in [0.1, 0.15) is 11.3 Å². The molecule has 0 amide bonds. The van der Waals surface area contributed by atoms with Gasteiger partial charge in [-0.2, -0.15) is 0 Å². The van der Waals surface area contributed by atoms with E-state index in [1.54, 1.807) is 25.3 Å². The average Bonchev–Trinajstić information content (AvgIpc) is 3.02. The van der Waals surface area contributed by atoms with Crippen LogP contribution in [0.15, 0.2) is 39.9 Å². The average molecular weight is 325 g/mol. The molecular formula is C16H18F3N3O. The van der Waals surface area contributed by atoms with Crippen LogP contribution in [0.3, 0.4) is 0 Å². The molecule has 7 heteroatoms. The van der Waals surface area contributed by atoms with E-state index in [-0.39, 0.29) is 6.54 Å². The number of hydrogen-bond acceptors (Lipinski definition) is 2. The molecule has 0 saturated carbocycles. The van der Waals surface area contributed by atoms with Gasteiger partial charge >= 0.3 is 0 Å². The standard InChI is InChI=1S/C16H18F3N3O/c1-20-16(21-6-5-12-4-3-7-23-12)22(2)10-11-8-13(17)15(19)14(18)9-11/h3-4,7-9H,5-6,10H2,1-2H3,(H,20,21). The Kier molecular flexibility index (Phi) is 5.67. The SMILES string of the molecule is CN=C(NCCc1ccco1)N(C)Cc1cc(F)c(F)c(F)c1. The number of guanidine groups is 1. The Morgan fingerprint density at radius 1 is 1.26 bits per heavy atom. The van der Waals surface area contributed by atoms with Crippen molar-refractivity contribution in [3.8, 4) is 0 Å². The first kappa shape index (κ1) is 16.9. The van der Waals surface area contributed by atoms with Gasteiger partial charge in [-0.3, -0.25) is 4.99 Å². The molecule has 124 valence electrons. The summed E-state index contributed by atoms with van der Waals surface area (Å²) in [4.78, 5) is 5.79. The van der Waals surface area contributed by atoms with Crippen LogP contribution in [-0.4, -0.2) is 31.5 Å². The number of rotatable bonds is 5. The summed E-state index contributed by atoms with van der Waals surface area (Å²) in [6.45, 7) is 0.783. The van der Waals surface area contributed by atoms with Gasteiger partial charge in [-0.15, -0.1) is 0 Å². The summed E-state index contributed by atoms with van der Waals surface area (Å²) in [5.41, 5.74) is 0.317. The highest BCUT2D eigenvalue weighted by Gasteiger charge is 2.13. The highest BCUT2D eigenvalue weighted by atomic mass is 19.2. The number of nitrogens with zero attached hydrogens (tertiary/aromatic N) is 2. The zero-order valence-corrected chi connectivity index (χ0v) is 12.9. The van der Waals surface area contributed by atoms with E-state index in [0.29, 0.717) is 24.5 Å². The maximum Gasteiger partial charge on any atom is 0.194 e. The van der Waals surface area contributed by atoms with E-state index >= 15 is 0 Å². The van der Waals surface area contributed by atoms with E-state index in [4.69, 9.17) is 4.42 Å². The van der Waals surface area contributed by atoms with Gasteiger partial charge in [0, 0.05) is 33.6 Å². The Morgan fingerprint density at radius 2 is 1.96 bits per heavy atom. The summed E-state index contributed by atoms with van der Waals surface area (Å²) in [6, 6.07) is 5.64. The normalized spacial score (nSPS) is 11.6. The lowest BCUT2D eigenvalue weighted by molar-refractivity contribution is 0.434. The number of hydrogen-bond donors (Lipinski definition) is 1. The summed E-state index contributed by atoms with van der Waals surface area (Å²) in [5.74, 6) is -2.46. The molecule has 1 aromatic carbocycles. The molecular weight excluding hydrogens is 307 g/mol. The number of aliphatic imine (C=N–C) groups is 1. The summed E-state index contributed by atoms with van der Waals surface area (Å²) >= 11 is 0. The molecule has 1 N–H and O–H groups in total. The maximum atomic E-state index is 13.2. The first-order valence-electron chi connectivity index (χ1n) is 7.09. The van der Waals surface area contributed by atoms with Gasteiger partial charge in [-0.25, -0.2) is 13.2 Å². The summed E-state index contributed by atoms with van der Waals surface area (Å²) in [6.07, 6.45) is 2.29. The Morgan fingerprint density at radius 3 is 2.52 bits per heavy atom. The third kappa shape index (κ3) is 4.51. The van der Waals surface area contributed by atoms with E-state index in [0.717, 1.165) is 17.9 Å². The predicted octanol–water partition coefficient (Wildman–Crippen LogP) is 2.95. The van der Waals surface area contributed by atoms with Crippen LogP contribution in [0, 0.1) is 17.5 Å². The van der Waals surface area contributed by atoms with E-state index in [1.807, 2.05) is 12.1 Å². The number of nitrogens with one attached hydrogen (secondary N) is 1. The van der Waals surface area contributed by atoms with Crippen LogP contribution < -0.4 is 5.32 Å². The van der Waals surface area contributed by atoms with Gasteiger partial charge in [-0.1, -0.05) is 0 Å².